The second-order valence-electron chi connectivity index (χ2n) is 7.19. The maximum absolute atomic E-state index is 13.7. The van der Waals surface area contributed by atoms with Gasteiger partial charge in [-0.15, -0.1) is 11.8 Å². The van der Waals surface area contributed by atoms with Crippen LogP contribution < -0.4 is 0 Å². The highest BCUT2D eigenvalue weighted by molar-refractivity contribution is 8.04. The number of nitrogens with zero attached hydrogens (tertiary/aromatic N) is 1. The molecule has 4 rings (SSSR count). The van der Waals surface area contributed by atoms with Gasteiger partial charge >= 0.3 is 0 Å². The van der Waals surface area contributed by atoms with E-state index in [1.54, 1.807) is 28.2 Å². The van der Waals surface area contributed by atoms with E-state index < -0.39 is 10.0 Å². The van der Waals surface area contributed by atoms with Crippen LogP contribution in [0.2, 0.25) is 0 Å². The maximum atomic E-state index is 13.7. The molecular weight excluding hydrogens is 398 g/mol. The predicted octanol–water partition coefficient (Wildman–Crippen LogP) is 5.78. The monoisotopic (exact) mass is 421 g/mol. The van der Waals surface area contributed by atoms with Crippen LogP contribution in [0.1, 0.15) is 28.3 Å². The standard InChI is InChI=1S/C24H23NO2S2/c1-18-12-14-21(15-13-18)29(26,27)25-23(22-11-7-6-8-19(22)2)17-28-24(25)16-20-9-4-3-5-10-20/h3-16,23H,17H2,1-2H3. The van der Waals surface area contributed by atoms with E-state index in [4.69, 9.17) is 0 Å². The summed E-state index contributed by atoms with van der Waals surface area (Å²) in [5.41, 5.74) is 4.18. The zero-order valence-corrected chi connectivity index (χ0v) is 18.1. The Hall–Kier alpha value is -2.50. The third kappa shape index (κ3) is 3.98. The summed E-state index contributed by atoms with van der Waals surface area (Å²) in [6, 6.07) is 24.7. The molecule has 1 aliphatic rings. The van der Waals surface area contributed by atoms with E-state index in [1.807, 2.05) is 86.7 Å². The molecule has 3 aromatic rings. The van der Waals surface area contributed by atoms with Gasteiger partial charge in [0.15, 0.2) is 0 Å². The lowest BCUT2D eigenvalue weighted by Gasteiger charge is -2.27. The van der Waals surface area contributed by atoms with Crippen molar-refractivity contribution in [2.75, 3.05) is 5.75 Å². The molecule has 3 aromatic carbocycles. The zero-order chi connectivity index (χ0) is 20.4. The predicted molar refractivity (Wildman–Crippen MR) is 121 cm³/mol. The molecule has 1 saturated heterocycles. The number of hydrogen-bond donors (Lipinski definition) is 0. The Bertz CT molecular complexity index is 1140. The van der Waals surface area contributed by atoms with E-state index in [0.717, 1.165) is 27.3 Å². The summed E-state index contributed by atoms with van der Waals surface area (Å²) in [6.07, 6.45) is 1.97. The van der Waals surface area contributed by atoms with Crippen LogP contribution in [-0.4, -0.2) is 18.5 Å². The molecule has 1 heterocycles. The molecule has 29 heavy (non-hydrogen) atoms. The lowest BCUT2D eigenvalue weighted by atomic mass is 10.0. The SMILES string of the molecule is Cc1ccc(S(=O)(=O)N2C(=Cc3ccccc3)SCC2c2ccccc2C)cc1. The van der Waals surface area contributed by atoms with E-state index in [-0.39, 0.29) is 6.04 Å². The van der Waals surface area contributed by atoms with Crippen LogP contribution >= 0.6 is 11.8 Å². The molecule has 1 unspecified atom stereocenters. The van der Waals surface area contributed by atoms with Gasteiger partial charge in [-0.05, 0) is 48.7 Å². The highest BCUT2D eigenvalue weighted by Gasteiger charge is 2.39. The Morgan fingerprint density at radius 3 is 2.24 bits per heavy atom. The summed E-state index contributed by atoms with van der Waals surface area (Å²) in [4.78, 5) is 0.322. The van der Waals surface area contributed by atoms with Crippen molar-refractivity contribution in [3.63, 3.8) is 0 Å². The van der Waals surface area contributed by atoms with Crippen LogP contribution in [0, 0.1) is 13.8 Å². The van der Waals surface area contributed by atoms with Gasteiger partial charge in [0.25, 0.3) is 10.0 Å². The number of benzene rings is 3. The van der Waals surface area contributed by atoms with Crippen LogP contribution in [0.3, 0.4) is 0 Å². The molecule has 0 amide bonds. The topological polar surface area (TPSA) is 37.4 Å². The minimum atomic E-state index is -3.69. The van der Waals surface area contributed by atoms with E-state index in [0.29, 0.717) is 10.6 Å². The van der Waals surface area contributed by atoms with Gasteiger partial charge in [-0.2, -0.15) is 0 Å². The molecule has 0 spiro atoms. The average Bonchev–Trinajstić information content (AvgIpc) is 3.13. The largest absolute Gasteiger partial charge is 0.265 e. The molecule has 1 fully saturated rings. The average molecular weight is 422 g/mol. The van der Waals surface area contributed by atoms with Gasteiger partial charge in [-0.25, -0.2) is 8.42 Å². The Kier molecular flexibility index (Phi) is 5.52. The summed E-state index contributed by atoms with van der Waals surface area (Å²) in [7, 11) is -3.69. The van der Waals surface area contributed by atoms with Crippen molar-refractivity contribution < 1.29 is 8.42 Å². The minimum Gasteiger partial charge on any atom is -0.252 e. The Balaban J connectivity index is 1.85. The van der Waals surface area contributed by atoms with Gasteiger partial charge in [0.05, 0.1) is 16.0 Å². The van der Waals surface area contributed by atoms with Crippen LogP contribution in [0.25, 0.3) is 6.08 Å². The molecule has 5 heteroatoms. The highest BCUT2D eigenvalue weighted by Crippen LogP contribution is 2.46. The van der Waals surface area contributed by atoms with Crippen molar-refractivity contribution in [3.8, 4) is 0 Å². The summed E-state index contributed by atoms with van der Waals surface area (Å²) in [5.74, 6) is 0.689. The van der Waals surface area contributed by atoms with Gasteiger partial charge in [-0.3, -0.25) is 4.31 Å². The molecular formula is C24H23NO2S2. The van der Waals surface area contributed by atoms with Gasteiger partial charge in [0.2, 0.25) is 0 Å². The molecule has 148 valence electrons. The minimum absolute atomic E-state index is 0.234. The zero-order valence-electron chi connectivity index (χ0n) is 16.4. The first-order chi connectivity index (χ1) is 14.0. The fraction of sp³-hybridized carbons (Fsp3) is 0.167. The third-order valence-corrected chi connectivity index (χ3v) is 8.15. The fourth-order valence-corrected chi connectivity index (χ4v) is 6.73. The Labute approximate surface area is 177 Å². The molecule has 1 atom stereocenters. The summed E-state index contributed by atoms with van der Waals surface area (Å²) in [6.45, 7) is 3.99. The number of rotatable bonds is 4. The summed E-state index contributed by atoms with van der Waals surface area (Å²) in [5, 5.41) is 0.755. The number of thioether (sulfide) groups is 1. The number of sulfonamides is 1. The van der Waals surface area contributed by atoms with Crippen molar-refractivity contribution in [1.82, 2.24) is 4.31 Å². The van der Waals surface area contributed by atoms with Crippen LogP contribution in [0.5, 0.6) is 0 Å². The first-order valence-electron chi connectivity index (χ1n) is 9.53. The summed E-state index contributed by atoms with van der Waals surface area (Å²) >= 11 is 1.59. The molecule has 0 aliphatic carbocycles. The van der Waals surface area contributed by atoms with Crippen molar-refractivity contribution in [2.45, 2.75) is 24.8 Å². The molecule has 0 saturated carbocycles. The molecule has 0 radical (unpaired) electrons. The van der Waals surface area contributed by atoms with Gasteiger partial charge in [0, 0.05) is 5.75 Å². The first-order valence-corrected chi connectivity index (χ1v) is 12.0. The number of hydrogen-bond acceptors (Lipinski definition) is 3. The fourth-order valence-electron chi connectivity index (χ4n) is 3.53. The van der Waals surface area contributed by atoms with Crippen molar-refractivity contribution in [1.29, 1.82) is 0 Å². The summed E-state index contributed by atoms with van der Waals surface area (Å²) < 4.78 is 29.0. The normalized spacial score (nSPS) is 18.3. The van der Waals surface area contributed by atoms with Gasteiger partial charge in [0.1, 0.15) is 0 Å². The lowest BCUT2D eigenvalue weighted by molar-refractivity contribution is 0.442. The Morgan fingerprint density at radius 1 is 0.897 bits per heavy atom. The molecule has 0 aromatic heterocycles. The van der Waals surface area contributed by atoms with Crippen molar-refractivity contribution >= 4 is 27.9 Å². The van der Waals surface area contributed by atoms with E-state index in [1.165, 1.54) is 0 Å². The van der Waals surface area contributed by atoms with Crippen molar-refractivity contribution in [2.24, 2.45) is 0 Å². The maximum Gasteiger partial charge on any atom is 0.265 e. The molecule has 0 N–H and O–H groups in total. The second-order valence-corrected chi connectivity index (χ2v) is 10.0. The second kappa shape index (κ2) is 8.09. The van der Waals surface area contributed by atoms with Gasteiger partial charge < -0.3 is 0 Å². The van der Waals surface area contributed by atoms with E-state index in [2.05, 4.69) is 0 Å². The van der Waals surface area contributed by atoms with Gasteiger partial charge in [-0.1, -0.05) is 72.3 Å². The first kappa shape index (κ1) is 19.8. The van der Waals surface area contributed by atoms with Crippen LogP contribution in [-0.2, 0) is 10.0 Å². The molecule has 3 nitrogen and oxygen atoms in total. The van der Waals surface area contributed by atoms with E-state index in [9.17, 15) is 8.42 Å². The molecule has 0 bridgehead atoms. The van der Waals surface area contributed by atoms with Crippen molar-refractivity contribution in [3.05, 3.63) is 106 Å². The van der Waals surface area contributed by atoms with Crippen LogP contribution in [0.15, 0.2) is 88.8 Å². The lowest BCUT2D eigenvalue weighted by Crippen LogP contribution is -2.30. The Morgan fingerprint density at radius 2 is 1.55 bits per heavy atom. The smallest absolute Gasteiger partial charge is 0.252 e. The third-order valence-electron chi connectivity index (χ3n) is 5.10. The number of aryl methyl sites for hydroxylation is 2. The van der Waals surface area contributed by atoms with Crippen LogP contribution in [0.4, 0.5) is 0 Å². The quantitative estimate of drug-likeness (QED) is 0.536. The van der Waals surface area contributed by atoms with E-state index >= 15 is 0 Å². The highest BCUT2D eigenvalue weighted by atomic mass is 32.2. The molecule has 1 aliphatic heterocycles.